The number of piperazine rings is 1. The maximum Gasteiger partial charge on any atom is 0.312 e. The van der Waals surface area contributed by atoms with Gasteiger partial charge in [-0.1, -0.05) is 58.1 Å². The van der Waals surface area contributed by atoms with E-state index in [4.69, 9.17) is 24.0 Å². The lowest BCUT2D eigenvalue weighted by atomic mass is 9.78. The summed E-state index contributed by atoms with van der Waals surface area (Å²) in [6, 6.07) is 9.23. The first-order valence-electron chi connectivity index (χ1n) is 23.2. The molecular weight excluding hydrogens is 887 g/mol. The molecular formula is C52H65N5O12. The average molecular weight is 952 g/mol. The summed E-state index contributed by atoms with van der Waals surface area (Å²) in [5.41, 5.74) is 1.14. The van der Waals surface area contributed by atoms with Gasteiger partial charge in [0.25, 0.3) is 11.7 Å². The van der Waals surface area contributed by atoms with E-state index in [-0.39, 0.29) is 56.6 Å². The number of carbonyl (C=O) groups excluding carboxylic acids is 3. The summed E-state index contributed by atoms with van der Waals surface area (Å²) in [4.78, 5) is 43.4. The minimum Gasteiger partial charge on any atom is -0.507 e. The molecule has 1 amide bonds. The molecule has 69 heavy (non-hydrogen) atoms. The molecule has 17 nitrogen and oxygen atoms in total. The van der Waals surface area contributed by atoms with Crippen LogP contribution in [0.1, 0.15) is 94.9 Å². The highest BCUT2D eigenvalue weighted by Crippen LogP contribution is 2.55. The fourth-order valence-electron chi connectivity index (χ4n) is 9.72. The number of Topliss-reactive ketones (excluding diaryl/α,β-unsaturated/α-hetero) is 1. The SMILES string of the molecule is CO[C@H]1/C=C/O[C@@]2(C)Oc3c(C)c(O)c4c(O)c(c(/C=N/N5C(C)CN(Cc6ccc(C#N)cc6)CC5C)c(O)c4c3C2=O)NC(=O)/C(C)=C\C=C\[C@@H](C)[C@H](O)[C@@H](C)[C@@H](O)[C@@H](C)[C@H](OC(C)=O)[C@@H]1C. The van der Waals surface area contributed by atoms with Crippen LogP contribution in [0.25, 0.3) is 10.8 Å². The second-order valence-electron chi connectivity index (χ2n) is 18.9. The van der Waals surface area contributed by atoms with Gasteiger partial charge in [0.05, 0.1) is 76.7 Å². The highest BCUT2D eigenvalue weighted by Gasteiger charge is 2.50. The Labute approximate surface area is 402 Å². The molecule has 17 heteroatoms. The number of aliphatic hydroxyl groups is 2. The highest BCUT2D eigenvalue weighted by molar-refractivity contribution is 6.23. The Morgan fingerprint density at radius 1 is 0.942 bits per heavy atom. The van der Waals surface area contributed by atoms with E-state index >= 15 is 0 Å². The molecule has 0 radical (unpaired) electrons. The lowest BCUT2D eigenvalue weighted by Crippen LogP contribution is -2.54. The van der Waals surface area contributed by atoms with Crippen LogP contribution in [-0.4, -0.2) is 122 Å². The average Bonchev–Trinajstić information content (AvgIpc) is 3.57. The Balaban J connectivity index is 1.47. The molecule has 0 saturated carbocycles. The van der Waals surface area contributed by atoms with Crippen LogP contribution < -0.4 is 10.1 Å². The van der Waals surface area contributed by atoms with Crippen molar-refractivity contribution in [1.29, 1.82) is 5.26 Å². The number of esters is 1. The van der Waals surface area contributed by atoms with E-state index in [0.717, 1.165) is 5.56 Å². The van der Waals surface area contributed by atoms with Gasteiger partial charge in [0.15, 0.2) is 5.75 Å². The second kappa shape index (κ2) is 21.0. The molecule has 3 aromatic rings. The molecule has 0 spiro atoms. The van der Waals surface area contributed by atoms with Gasteiger partial charge in [-0.05, 0) is 51.5 Å². The maximum atomic E-state index is 14.7. The molecule has 11 atom stereocenters. The largest absolute Gasteiger partial charge is 0.507 e. The normalized spacial score (nSPS) is 31.1. The summed E-state index contributed by atoms with van der Waals surface area (Å²) in [6.45, 7) is 18.3. The number of nitrogens with zero attached hydrogens (tertiary/aromatic N) is 4. The Bertz CT molecular complexity index is 2610. The van der Waals surface area contributed by atoms with Crippen LogP contribution >= 0.6 is 0 Å². The number of aromatic hydroxyl groups is 3. The van der Waals surface area contributed by atoms with Crippen molar-refractivity contribution < 1.29 is 58.9 Å². The summed E-state index contributed by atoms with van der Waals surface area (Å²) in [5.74, 6) is -8.62. The van der Waals surface area contributed by atoms with Gasteiger partial charge < -0.3 is 49.8 Å². The zero-order chi connectivity index (χ0) is 50.8. The van der Waals surface area contributed by atoms with Crippen LogP contribution in [0.3, 0.4) is 0 Å². The molecule has 0 aliphatic carbocycles. The lowest BCUT2D eigenvalue weighted by molar-refractivity contribution is -0.160. The third-order valence-electron chi connectivity index (χ3n) is 13.8. The number of fused-ring (bicyclic) bond motifs is 14. The number of rotatable bonds is 6. The molecule has 7 rings (SSSR count). The van der Waals surface area contributed by atoms with Crippen molar-refractivity contribution in [3.63, 3.8) is 0 Å². The Morgan fingerprint density at radius 3 is 2.20 bits per heavy atom. The molecule has 1 saturated heterocycles. The van der Waals surface area contributed by atoms with Crippen molar-refractivity contribution in [3.05, 3.63) is 88.2 Å². The molecule has 4 aliphatic heterocycles. The quantitative estimate of drug-likeness (QED) is 0.0664. The fraction of sp³-hybridized carbons (Fsp3) is 0.481. The Kier molecular flexibility index (Phi) is 15.8. The number of nitriles is 1. The van der Waals surface area contributed by atoms with Crippen LogP contribution in [-0.2, 0) is 30.3 Å². The smallest absolute Gasteiger partial charge is 0.312 e. The summed E-state index contributed by atoms with van der Waals surface area (Å²) < 4.78 is 23.8. The van der Waals surface area contributed by atoms with E-state index in [9.17, 15) is 45.2 Å². The zero-order valence-corrected chi connectivity index (χ0v) is 41.1. The topological polar surface area (TPSA) is 244 Å². The predicted octanol–water partition coefficient (Wildman–Crippen LogP) is 6.55. The molecule has 3 aromatic carbocycles. The van der Waals surface area contributed by atoms with E-state index in [0.29, 0.717) is 25.2 Å². The van der Waals surface area contributed by atoms with E-state index in [1.165, 1.54) is 59.4 Å². The van der Waals surface area contributed by atoms with Crippen molar-refractivity contribution in [2.45, 2.75) is 118 Å². The summed E-state index contributed by atoms with van der Waals surface area (Å²) in [6.07, 6.45) is 4.77. The van der Waals surface area contributed by atoms with Crippen LogP contribution in [0.15, 0.2) is 65.5 Å². The minimum absolute atomic E-state index is 0.0366. The number of amides is 1. The number of hydrogen-bond donors (Lipinski definition) is 6. The number of benzene rings is 3. The van der Waals surface area contributed by atoms with Crippen molar-refractivity contribution in [3.8, 4) is 29.1 Å². The van der Waals surface area contributed by atoms with Crippen LogP contribution in [0.2, 0.25) is 0 Å². The molecule has 0 aromatic heterocycles. The number of anilines is 1. The van der Waals surface area contributed by atoms with Gasteiger partial charge in [0.1, 0.15) is 23.4 Å². The molecule has 5 bridgehead atoms. The van der Waals surface area contributed by atoms with Gasteiger partial charge in [-0.2, -0.15) is 10.4 Å². The van der Waals surface area contributed by atoms with E-state index in [1.54, 1.807) is 52.0 Å². The van der Waals surface area contributed by atoms with Crippen LogP contribution in [0, 0.1) is 41.9 Å². The summed E-state index contributed by atoms with van der Waals surface area (Å²) >= 11 is 0. The molecule has 6 N–H and O–H groups in total. The minimum atomic E-state index is -2.08. The first kappa shape index (κ1) is 51.9. The van der Waals surface area contributed by atoms with Gasteiger partial charge in [0.2, 0.25) is 0 Å². The third-order valence-corrected chi connectivity index (χ3v) is 13.8. The number of ether oxygens (including phenoxy) is 4. The number of allylic oxidation sites excluding steroid dienone is 2. The van der Waals surface area contributed by atoms with Gasteiger partial charge in [-0.15, -0.1) is 0 Å². The number of phenolic OH excluding ortho intramolecular Hbond substituents is 3. The van der Waals surface area contributed by atoms with E-state index < -0.39 is 88.8 Å². The Hall–Kier alpha value is -6.45. The van der Waals surface area contributed by atoms with Crippen molar-refractivity contribution >= 4 is 40.3 Å². The third kappa shape index (κ3) is 10.4. The first-order valence-corrected chi connectivity index (χ1v) is 23.2. The highest BCUT2D eigenvalue weighted by atomic mass is 16.7. The zero-order valence-electron chi connectivity index (χ0n) is 41.1. The standard InChI is InChI=1S/C52H65N5O12/c1-26-13-12-14-27(2)51(65)55-42-37(22-54-57-28(3)23-56(24-29(57)4)25-36-17-15-35(21-53)16-18-36)46(62)39-40(47(42)63)45(61)33(8)49-41(39)50(64)52(10,69-49)67-20-19-38(66-11)30(5)48(68-34(9)58)32(7)44(60)31(6)43(26)59/h12-20,22,26,28-32,38,43-44,48,59-63H,23-25H2,1-11H3,(H,55,65)/b13-12+,20-19+,27-14-,54-22+/t26-,28?,29?,30-,31-,32-,38+,43+,44-,48-,52+/m1/s1. The van der Waals surface area contributed by atoms with Crippen molar-refractivity contribution in [2.24, 2.45) is 28.8 Å². The number of hydrogen-bond acceptors (Lipinski definition) is 16. The molecule has 4 aliphatic rings. The molecule has 1 fully saturated rings. The Morgan fingerprint density at radius 2 is 1.59 bits per heavy atom. The van der Waals surface area contributed by atoms with Crippen LogP contribution in [0.5, 0.6) is 23.0 Å². The monoisotopic (exact) mass is 951 g/mol. The van der Waals surface area contributed by atoms with Crippen molar-refractivity contribution in [1.82, 2.24) is 9.91 Å². The lowest BCUT2D eigenvalue weighted by Gasteiger charge is -2.42. The number of phenols is 3. The van der Waals surface area contributed by atoms with Gasteiger partial charge >= 0.3 is 11.8 Å². The number of aliphatic hydroxyl groups excluding tert-OH is 2. The fourth-order valence-corrected chi connectivity index (χ4v) is 9.72. The summed E-state index contributed by atoms with van der Waals surface area (Å²) in [7, 11) is 1.43. The van der Waals surface area contributed by atoms with E-state index in [2.05, 4.69) is 16.3 Å². The van der Waals surface area contributed by atoms with Crippen LogP contribution in [0.4, 0.5) is 5.69 Å². The molecule has 4 heterocycles. The van der Waals surface area contributed by atoms with Crippen molar-refractivity contribution in [2.75, 3.05) is 25.5 Å². The molecule has 2 unspecified atom stereocenters. The van der Waals surface area contributed by atoms with Gasteiger partial charge in [0, 0.05) is 80.8 Å². The number of hydrazone groups is 1. The number of ketones is 1. The maximum absolute atomic E-state index is 14.7. The van der Waals surface area contributed by atoms with E-state index in [1.807, 2.05) is 31.0 Å². The molecule has 370 valence electrons. The number of nitrogens with one attached hydrogen (secondary N) is 1. The number of methoxy groups -OCH3 is 1. The van der Waals surface area contributed by atoms with Gasteiger partial charge in [-0.3, -0.25) is 24.3 Å². The second-order valence-corrected chi connectivity index (χ2v) is 18.9. The predicted molar refractivity (Wildman–Crippen MR) is 259 cm³/mol. The number of carbonyl (C=O) groups is 3. The summed E-state index contributed by atoms with van der Waals surface area (Å²) in [5, 5.41) is 77.3. The van der Waals surface area contributed by atoms with Gasteiger partial charge in [-0.25, -0.2) is 0 Å². The first-order chi connectivity index (χ1) is 32.5.